The van der Waals surface area contributed by atoms with Crippen LogP contribution in [0.15, 0.2) is 24.3 Å². The van der Waals surface area contributed by atoms with Crippen molar-refractivity contribution < 1.29 is 0 Å². The maximum atomic E-state index is 3.71. The lowest BCUT2D eigenvalue weighted by Crippen LogP contribution is -2.10. The molecule has 1 aromatic carbocycles. The molecule has 0 aromatic heterocycles. The monoisotopic (exact) mass is 254 g/mol. The molecule has 0 nitrogen and oxygen atoms in total. The second kappa shape index (κ2) is 5.55. The van der Waals surface area contributed by atoms with Gasteiger partial charge < -0.3 is 0 Å². The summed E-state index contributed by atoms with van der Waals surface area (Å²) in [7, 11) is 0. The van der Waals surface area contributed by atoms with E-state index >= 15 is 0 Å². The summed E-state index contributed by atoms with van der Waals surface area (Å²) in [5.41, 5.74) is 2.85. The molecule has 78 valence electrons. The molecule has 0 saturated carbocycles. The Kier molecular flexibility index (Phi) is 4.67. The van der Waals surface area contributed by atoms with Crippen molar-refractivity contribution in [2.45, 2.75) is 38.4 Å². The number of hydrogen-bond donors (Lipinski definition) is 0. The maximum Gasteiger partial charge on any atom is 0.0209 e. The summed E-state index contributed by atoms with van der Waals surface area (Å²) in [5, 5.41) is 0. The van der Waals surface area contributed by atoms with Crippen molar-refractivity contribution in [2.24, 2.45) is 5.92 Å². The van der Waals surface area contributed by atoms with Gasteiger partial charge in [-0.3, -0.25) is 0 Å². The van der Waals surface area contributed by atoms with Gasteiger partial charge in [-0.2, -0.15) is 0 Å². The number of rotatable bonds is 4. The van der Waals surface area contributed by atoms with Gasteiger partial charge in [0.1, 0.15) is 0 Å². The summed E-state index contributed by atoms with van der Waals surface area (Å²) in [5.74, 6) is 0.695. The van der Waals surface area contributed by atoms with Gasteiger partial charge in [0.15, 0.2) is 0 Å². The zero-order valence-electron chi connectivity index (χ0n) is 9.26. The Morgan fingerprint density at radius 3 is 2.00 bits per heavy atom. The van der Waals surface area contributed by atoms with Gasteiger partial charge in [-0.15, -0.1) is 0 Å². The second-order valence-corrected chi connectivity index (χ2v) is 5.31. The summed E-state index contributed by atoms with van der Waals surface area (Å²) in [6.45, 7) is 6.69. The zero-order chi connectivity index (χ0) is 10.6. The van der Waals surface area contributed by atoms with Crippen molar-refractivity contribution in [3.8, 4) is 0 Å². The Balaban J connectivity index is 2.59. The second-order valence-electron chi connectivity index (χ2n) is 4.13. The van der Waals surface area contributed by atoms with Gasteiger partial charge in [0.25, 0.3) is 0 Å². The molecule has 0 aliphatic rings. The fourth-order valence-corrected chi connectivity index (χ4v) is 1.75. The Labute approximate surface area is 95.9 Å². The molecular weight excluding hydrogens is 236 g/mol. The minimum Gasteiger partial charge on any atom is -0.0884 e. The fourth-order valence-electron chi connectivity index (χ4n) is 1.37. The summed E-state index contributed by atoms with van der Waals surface area (Å²) in [4.78, 5) is 0.593. The Morgan fingerprint density at radius 2 is 1.57 bits per heavy atom. The molecule has 14 heavy (non-hydrogen) atoms. The van der Waals surface area contributed by atoms with Crippen molar-refractivity contribution >= 4 is 15.9 Å². The van der Waals surface area contributed by atoms with E-state index < -0.39 is 0 Å². The molecule has 1 rings (SSSR count). The SMILES string of the molecule is CCc1ccc(CC(Br)C(C)C)cc1. The average Bonchev–Trinajstić information content (AvgIpc) is 2.19. The lowest BCUT2D eigenvalue weighted by Gasteiger charge is -2.13. The van der Waals surface area contributed by atoms with Crippen LogP contribution in [0.5, 0.6) is 0 Å². The average molecular weight is 255 g/mol. The molecule has 0 bridgehead atoms. The molecule has 0 N–H and O–H groups in total. The maximum absolute atomic E-state index is 3.71. The third-order valence-electron chi connectivity index (χ3n) is 2.59. The Morgan fingerprint density at radius 1 is 1.07 bits per heavy atom. The Bertz CT molecular complexity index is 261. The van der Waals surface area contributed by atoms with Crippen molar-refractivity contribution in [1.29, 1.82) is 0 Å². The molecular formula is C13H19Br. The van der Waals surface area contributed by atoms with Gasteiger partial charge in [-0.25, -0.2) is 0 Å². The Hall–Kier alpha value is -0.300. The lowest BCUT2D eigenvalue weighted by molar-refractivity contribution is 0.613. The number of benzene rings is 1. The lowest BCUT2D eigenvalue weighted by atomic mass is 10.0. The molecule has 0 radical (unpaired) electrons. The highest BCUT2D eigenvalue weighted by Gasteiger charge is 2.09. The molecule has 0 fully saturated rings. The van der Waals surface area contributed by atoms with Crippen LogP contribution in [0.25, 0.3) is 0 Å². The zero-order valence-corrected chi connectivity index (χ0v) is 10.8. The van der Waals surface area contributed by atoms with Gasteiger partial charge >= 0.3 is 0 Å². The molecule has 0 spiro atoms. The first kappa shape index (κ1) is 11.8. The molecule has 0 amide bonds. The molecule has 1 atom stereocenters. The van der Waals surface area contributed by atoms with Crippen molar-refractivity contribution in [2.75, 3.05) is 0 Å². The van der Waals surface area contributed by atoms with Crippen LogP contribution in [0.3, 0.4) is 0 Å². The van der Waals surface area contributed by atoms with Crippen LogP contribution in [0.1, 0.15) is 31.9 Å². The van der Waals surface area contributed by atoms with Crippen molar-refractivity contribution in [3.05, 3.63) is 35.4 Å². The molecule has 0 aliphatic heterocycles. The topological polar surface area (TPSA) is 0 Å². The van der Waals surface area contributed by atoms with E-state index in [4.69, 9.17) is 0 Å². The van der Waals surface area contributed by atoms with E-state index in [1.807, 2.05) is 0 Å². The van der Waals surface area contributed by atoms with E-state index in [1.54, 1.807) is 0 Å². The first-order valence-electron chi connectivity index (χ1n) is 5.35. The summed E-state index contributed by atoms with van der Waals surface area (Å²) >= 11 is 3.71. The van der Waals surface area contributed by atoms with E-state index in [9.17, 15) is 0 Å². The first-order valence-corrected chi connectivity index (χ1v) is 6.27. The number of aryl methyl sites for hydroxylation is 1. The molecule has 0 heterocycles. The first-order chi connectivity index (χ1) is 6.63. The number of hydrogen-bond acceptors (Lipinski definition) is 0. The van der Waals surface area contributed by atoms with Crippen LogP contribution in [-0.4, -0.2) is 4.83 Å². The van der Waals surface area contributed by atoms with Crippen LogP contribution >= 0.6 is 15.9 Å². The largest absolute Gasteiger partial charge is 0.0884 e. The van der Waals surface area contributed by atoms with Crippen molar-refractivity contribution in [1.82, 2.24) is 0 Å². The predicted octanol–water partition coefficient (Wildman–Crippen LogP) is 4.21. The van der Waals surface area contributed by atoms with Gasteiger partial charge in [0, 0.05) is 4.83 Å². The fraction of sp³-hybridized carbons (Fsp3) is 0.538. The van der Waals surface area contributed by atoms with Crippen LogP contribution in [0.2, 0.25) is 0 Å². The van der Waals surface area contributed by atoms with Crippen LogP contribution < -0.4 is 0 Å². The van der Waals surface area contributed by atoms with E-state index in [1.165, 1.54) is 11.1 Å². The highest BCUT2D eigenvalue weighted by Crippen LogP contribution is 2.18. The molecule has 1 unspecified atom stereocenters. The van der Waals surface area contributed by atoms with Crippen LogP contribution in [0, 0.1) is 5.92 Å². The van der Waals surface area contributed by atoms with E-state index in [2.05, 4.69) is 61.0 Å². The highest BCUT2D eigenvalue weighted by atomic mass is 79.9. The number of alkyl halides is 1. The van der Waals surface area contributed by atoms with Gasteiger partial charge in [-0.1, -0.05) is 61.0 Å². The highest BCUT2D eigenvalue weighted by molar-refractivity contribution is 9.09. The summed E-state index contributed by atoms with van der Waals surface area (Å²) in [6.07, 6.45) is 2.25. The third kappa shape index (κ3) is 3.45. The quantitative estimate of drug-likeness (QED) is 0.707. The molecule has 0 saturated heterocycles. The predicted molar refractivity (Wildman–Crippen MR) is 67.1 cm³/mol. The van der Waals surface area contributed by atoms with Gasteiger partial charge in [0.05, 0.1) is 0 Å². The van der Waals surface area contributed by atoms with E-state index in [0.717, 1.165) is 12.8 Å². The molecule has 1 heteroatoms. The third-order valence-corrected chi connectivity index (χ3v) is 3.97. The molecule has 0 aliphatic carbocycles. The molecule has 1 aromatic rings. The van der Waals surface area contributed by atoms with E-state index in [0.29, 0.717) is 10.7 Å². The smallest absolute Gasteiger partial charge is 0.0209 e. The normalized spacial score (nSPS) is 13.2. The standard InChI is InChI=1S/C13H19Br/c1-4-11-5-7-12(8-6-11)9-13(14)10(2)3/h5-8,10,13H,4,9H2,1-3H3. The minimum atomic E-state index is 0.593. The minimum absolute atomic E-state index is 0.593. The van der Waals surface area contributed by atoms with Crippen LogP contribution in [0.4, 0.5) is 0 Å². The van der Waals surface area contributed by atoms with E-state index in [-0.39, 0.29) is 0 Å². The van der Waals surface area contributed by atoms with Gasteiger partial charge in [0.2, 0.25) is 0 Å². The van der Waals surface area contributed by atoms with Crippen molar-refractivity contribution in [3.63, 3.8) is 0 Å². The summed E-state index contributed by atoms with van der Waals surface area (Å²) in [6, 6.07) is 8.95. The van der Waals surface area contributed by atoms with Crippen LogP contribution in [-0.2, 0) is 12.8 Å². The number of halogens is 1. The summed E-state index contributed by atoms with van der Waals surface area (Å²) < 4.78 is 0. The van der Waals surface area contributed by atoms with Gasteiger partial charge in [-0.05, 0) is 29.9 Å².